The topological polar surface area (TPSA) is 111 Å². The molecule has 0 radical (unpaired) electrons. The van der Waals surface area contributed by atoms with Crippen LogP contribution < -0.4 is 10.1 Å². The van der Waals surface area contributed by atoms with E-state index >= 15 is 0 Å². The van der Waals surface area contributed by atoms with Gasteiger partial charge in [-0.25, -0.2) is 4.79 Å². The van der Waals surface area contributed by atoms with Crippen LogP contribution in [0.15, 0.2) is 51.6 Å². The van der Waals surface area contributed by atoms with Crippen LogP contribution in [0.4, 0.5) is 13.6 Å². The molecule has 2 aromatic heterocycles. The minimum absolute atomic E-state index is 0.0461. The van der Waals surface area contributed by atoms with Crippen LogP contribution in [0.25, 0.3) is 11.6 Å². The number of ether oxygens (including phenoxy) is 1. The predicted molar refractivity (Wildman–Crippen MR) is 91.5 cm³/mol. The molecule has 3 amide bonds. The van der Waals surface area contributed by atoms with Gasteiger partial charge < -0.3 is 19.0 Å². The third-order valence-corrected chi connectivity index (χ3v) is 4.43. The molecule has 0 bridgehead atoms. The van der Waals surface area contributed by atoms with Crippen molar-refractivity contribution in [3.63, 3.8) is 0 Å². The van der Waals surface area contributed by atoms with Gasteiger partial charge in [-0.15, -0.1) is 0 Å². The van der Waals surface area contributed by atoms with Crippen molar-refractivity contribution in [1.29, 1.82) is 0 Å². The molecule has 1 aromatic carbocycles. The van der Waals surface area contributed by atoms with E-state index in [0.717, 1.165) is 4.90 Å². The van der Waals surface area contributed by atoms with E-state index in [2.05, 4.69) is 20.2 Å². The first-order chi connectivity index (χ1) is 13.9. The van der Waals surface area contributed by atoms with E-state index in [9.17, 15) is 18.4 Å². The van der Waals surface area contributed by atoms with E-state index in [1.165, 1.54) is 37.5 Å². The summed E-state index contributed by atoms with van der Waals surface area (Å²) in [6.07, 6.45) is 1.45. The monoisotopic (exact) mass is 404 g/mol. The second-order valence-corrected chi connectivity index (χ2v) is 6.34. The lowest BCUT2D eigenvalue weighted by Crippen LogP contribution is -2.40. The highest BCUT2D eigenvalue weighted by atomic mass is 19.3. The van der Waals surface area contributed by atoms with Gasteiger partial charge in [0.1, 0.15) is 17.8 Å². The van der Waals surface area contributed by atoms with Crippen molar-refractivity contribution in [2.24, 2.45) is 0 Å². The fourth-order valence-corrected chi connectivity index (χ4v) is 2.97. The number of nitrogens with one attached hydrogen (secondary N) is 1. The number of rotatable bonds is 6. The number of urea groups is 1. The van der Waals surface area contributed by atoms with Crippen LogP contribution in [0.1, 0.15) is 18.4 Å². The number of nitrogens with zero attached hydrogens (tertiary/aromatic N) is 3. The third kappa shape index (κ3) is 3.42. The van der Waals surface area contributed by atoms with Gasteiger partial charge in [0.05, 0.1) is 6.26 Å². The number of halogens is 2. The van der Waals surface area contributed by atoms with Crippen LogP contribution in [-0.4, -0.2) is 33.6 Å². The summed E-state index contributed by atoms with van der Waals surface area (Å²) >= 11 is 0. The molecule has 150 valence electrons. The van der Waals surface area contributed by atoms with E-state index in [-0.39, 0.29) is 24.0 Å². The van der Waals surface area contributed by atoms with Crippen LogP contribution in [0, 0.1) is 0 Å². The second kappa shape index (κ2) is 7.00. The Balaban J connectivity index is 1.52. The van der Waals surface area contributed by atoms with E-state index in [0.29, 0.717) is 11.3 Å². The maximum atomic E-state index is 12.9. The van der Waals surface area contributed by atoms with Crippen molar-refractivity contribution in [3.8, 4) is 17.3 Å². The number of hydrogen-bond donors (Lipinski definition) is 1. The van der Waals surface area contributed by atoms with Gasteiger partial charge in [0.25, 0.3) is 5.91 Å². The Kier molecular flexibility index (Phi) is 4.49. The number of amides is 3. The zero-order valence-electron chi connectivity index (χ0n) is 15.0. The van der Waals surface area contributed by atoms with Crippen LogP contribution in [0.5, 0.6) is 5.75 Å². The number of carbonyl (C=O) groups excluding carboxylic acids is 2. The molecule has 29 heavy (non-hydrogen) atoms. The number of alkyl halides is 2. The second-order valence-electron chi connectivity index (χ2n) is 6.34. The molecule has 0 aliphatic carbocycles. The van der Waals surface area contributed by atoms with Gasteiger partial charge in [0, 0.05) is 0 Å². The maximum absolute atomic E-state index is 12.9. The summed E-state index contributed by atoms with van der Waals surface area (Å²) in [4.78, 5) is 30.4. The summed E-state index contributed by atoms with van der Waals surface area (Å²) in [6, 6.07) is 8.10. The molecule has 1 atom stereocenters. The first kappa shape index (κ1) is 18.6. The van der Waals surface area contributed by atoms with Crippen LogP contribution in [-0.2, 0) is 16.9 Å². The Labute approximate surface area is 162 Å². The minimum atomic E-state index is -2.96. The van der Waals surface area contributed by atoms with Gasteiger partial charge in [-0.05, 0) is 36.8 Å². The Bertz CT molecular complexity index is 1030. The van der Waals surface area contributed by atoms with E-state index in [1.54, 1.807) is 12.1 Å². The first-order valence-electron chi connectivity index (χ1n) is 8.43. The van der Waals surface area contributed by atoms with Crippen LogP contribution >= 0.6 is 0 Å². The number of carbonyl (C=O) groups is 2. The summed E-state index contributed by atoms with van der Waals surface area (Å²) in [7, 11) is 0. The van der Waals surface area contributed by atoms with E-state index < -0.39 is 24.1 Å². The molecular weight excluding hydrogens is 390 g/mol. The molecule has 1 aliphatic heterocycles. The smallest absolute Gasteiger partial charge is 0.387 e. The lowest BCUT2D eigenvalue weighted by atomic mass is 9.92. The van der Waals surface area contributed by atoms with Crippen molar-refractivity contribution in [1.82, 2.24) is 20.4 Å². The SMILES string of the molecule is CC1(c2ccc(OC(F)F)cc2)NC(=O)N(Cc2nc(-c3ccco3)no2)C1=O. The molecule has 11 heteroatoms. The van der Waals surface area contributed by atoms with Crippen molar-refractivity contribution in [2.45, 2.75) is 25.6 Å². The van der Waals surface area contributed by atoms with Crippen LogP contribution in [0.2, 0.25) is 0 Å². The number of imide groups is 1. The highest BCUT2D eigenvalue weighted by Crippen LogP contribution is 2.31. The zero-order chi connectivity index (χ0) is 20.6. The molecule has 9 nitrogen and oxygen atoms in total. The first-order valence-corrected chi connectivity index (χ1v) is 8.43. The van der Waals surface area contributed by atoms with Gasteiger partial charge in [0.2, 0.25) is 11.7 Å². The molecule has 1 N–H and O–H groups in total. The number of hydrogen-bond acceptors (Lipinski definition) is 7. The number of furan rings is 1. The summed E-state index contributed by atoms with van der Waals surface area (Å²) in [5.74, 6) is 0.00693. The van der Waals surface area contributed by atoms with Gasteiger partial charge in [-0.2, -0.15) is 13.8 Å². The fourth-order valence-electron chi connectivity index (χ4n) is 2.97. The van der Waals surface area contributed by atoms with E-state index in [1.807, 2.05) is 0 Å². The molecule has 0 spiro atoms. The molecule has 3 aromatic rings. The average Bonchev–Trinajstić information content (AvgIpc) is 3.40. The van der Waals surface area contributed by atoms with Crippen molar-refractivity contribution >= 4 is 11.9 Å². The third-order valence-electron chi connectivity index (χ3n) is 4.43. The largest absolute Gasteiger partial charge is 0.461 e. The van der Waals surface area contributed by atoms with Gasteiger partial charge in [-0.3, -0.25) is 9.69 Å². The highest BCUT2D eigenvalue weighted by molar-refractivity contribution is 6.07. The van der Waals surface area contributed by atoms with Crippen molar-refractivity contribution < 1.29 is 32.0 Å². The molecule has 1 fully saturated rings. The van der Waals surface area contributed by atoms with Crippen molar-refractivity contribution in [2.75, 3.05) is 0 Å². The molecular formula is C18H14F2N4O5. The Morgan fingerprint density at radius 1 is 1.24 bits per heavy atom. The normalized spacial score (nSPS) is 19.1. The minimum Gasteiger partial charge on any atom is -0.461 e. The molecule has 0 saturated carbocycles. The molecule has 4 rings (SSSR count). The fraction of sp³-hybridized carbons (Fsp3) is 0.222. The average molecular weight is 404 g/mol. The summed E-state index contributed by atoms with van der Waals surface area (Å²) in [5, 5.41) is 6.36. The highest BCUT2D eigenvalue weighted by Gasteiger charge is 2.49. The number of benzene rings is 1. The Morgan fingerprint density at radius 3 is 2.66 bits per heavy atom. The van der Waals surface area contributed by atoms with Gasteiger partial charge in [0.15, 0.2) is 5.76 Å². The van der Waals surface area contributed by atoms with Gasteiger partial charge in [-0.1, -0.05) is 17.3 Å². The Morgan fingerprint density at radius 2 is 2.00 bits per heavy atom. The number of aromatic nitrogens is 2. The lowest BCUT2D eigenvalue weighted by molar-refractivity contribution is -0.131. The standard InChI is InChI=1S/C18H14F2N4O5/c1-18(10-4-6-11(7-5-10)28-16(19)20)15(25)24(17(26)22-18)9-13-21-14(23-29-13)12-3-2-8-27-12/h2-8,16H,9H2,1H3,(H,22,26). The zero-order valence-corrected chi connectivity index (χ0v) is 15.0. The maximum Gasteiger partial charge on any atom is 0.387 e. The quantitative estimate of drug-likeness (QED) is 0.629. The molecule has 3 heterocycles. The predicted octanol–water partition coefficient (Wildman–Crippen LogP) is 2.90. The summed E-state index contributed by atoms with van der Waals surface area (Å²) < 4.78 is 39.1. The van der Waals surface area contributed by atoms with Crippen LogP contribution in [0.3, 0.4) is 0 Å². The van der Waals surface area contributed by atoms with Gasteiger partial charge >= 0.3 is 12.6 Å². The Hall–Kier alpha value is -3.76. The van der Waals surface area contributed by atoms with E-state index in [4.69, 9.17) is 8.94 Å². The molecule has 1 saturated heterocycles. The lowest BCUT2D eigenvalue weighted by Gasteiger charge is -2.22. The summed E-state index contributed by atoms with van der Waals surface area (Å²) in [6.45, 7) is -1.68. The summed E-state index contributed by atoms with van der Waals surface area (Å²) in [5.41, 5.74) is -0.980. The van der Waals surface area contributed by atoms with Crippen molar-refractivity contribution in [3.05, 3.63) is 54.1 Å². The molecule has 1 unspecified atom stereocenters. The molecule has 1 aliphatic rings.